The molecule has 0 saturated heterocycles. The summed E-state index contributed by atoms with van der Waals surface area (Å²) in [7, 11) is 0. The maximum absolute atomic E-state index is 13.7. The van der Waals surface area contributed by atoms with Crippen molar-refractivity contribution in [1.82, 2.24) is 0 Å². The zero-order valence-corrected chi connectivity index (χ0v) is 10.4. The molecule has 1 aliphatic heterocycles. The number of rotatable bonds is 2. The van der Waals surface area contributed by atoms with Crippen LogP contribution in [0, 0.1) is 5.82 Å². The van der Waals surface area contributed by atoms with E-state index in [1.807, 2.05) is 0 Å². The Morgan fingerprint density at radius 2 is 1.85 bits per heavy atom. The summed E-state index contributed by atoms with van der Waals surface area (Å²) < 4.78 is 24.5. The molecule has 5 heteroatoms. The van der Waals surface area contributed by atoms with Crippen LogP contribution in [0.15, 0.2) is 36.4 Å². The molecule has 0 amide bonds. The van der Waals surface area contributed by atoms with Gasteiger partial charge in [-0.15, -0.1) is 0 Å². The normalized spacial score (nSPS) is 13.1. The first kappa shape index (κ1) is 12.5. The number of ether oxygens (including phenoxy) is 2. The van der Waals surface area contributed by atoms with Crippen LogP contribution in [0.5, 0.6) is 11.5 Å². The molecule has 2 aromatic rings. The predicted octanol–water partition coefficient (Wildman–Crippen LogP) is 2.96. The van der Waals surface area contributed by atoms with Crippen LogP contribution in [0.25, 0.3) is 11.1 Å². The van der Waals surface area contributed by atoms with Gasteiger partial charge in [0, 0.05) is 0 Å². The molecule has 0 saturated carbocycles. The van der Waals surface area contributed by atoms with Crippen molar-refractivity contribution in [3.8, 4) is 22.6 Å². The maximum Gasteiger partial charge on any atom is 0.339 e. The summed E-state index contributed by atoms with van der Waals surface area (Å²) in [4.78, 5) is 11.2. The Labute approximate surface area is 114 Å². The minimum atomic E-state index is -1.30. The lowest BCUT2D eigenvalue weighted by atomic mass is 9.99. The van der Waals surface area contributed by atoms with E-state index in [4.69, 9.17) is 14.6 Å². The smallest absolute Gasteiger partial charge is 0.339 e. The topological polar surface area (TPSA) is 55.8 Å². The highest BCUT2D eigenvalue weighted by Crippen LogP contribution is 2.36. The third kappa shape index (κ3) is 2.07. The molecule has 0 unspecified atom stereocenters. The number of carboxylic acids is 1. The molecule has 0 bridgehead atoms. The van der Waals surface area contributed by atoms with Crippen molar-refractivity contribution < 1.29 is 23.8 Å². The number of carboxylic acid groups (broad SMARTS) is 1. The molecule has 0 aromatic heterocycles. The van der Waals surface area contributed by atoms with Gasteiger partial charge < -0.3 is 14.6 Å². The van der Waals surface area contributed by atoms with Crippen LogP contribution in [0.2, 0.25) is 0 Å². The van der Waals surface area contributed by atoms with Gasteiger partial charge in [0.25, 0.3) is 0 Å². The second-order valence-corrected chi connectivity index (χ2v) is 4.33. The second kappa shape index (κ2) is 4.85. The minimum Gasteiger partial charge on any atom is -0.486 e. The Balaban J connectivity index is 2.14. The van der Waals surface area contributed by atoms with E-state index in [0.29, 0.717) is 35.8 Å². The van der Waals surface area contributed by atoms with Gasteiger partial charge in [-0.2, -0.15) is 0 Å². The van der Waals surface area contributed by atoms with Crippen LogP contribution in [0.1, 0.15) is 10.4 Å². The lowest BCUT2D eigenvalue weighted by Gasteiger charge is -2.19. The molecule has 1 heterocycles. The van der Waals surface area contributed by atoms with Gasteiger partial charge >= 0.3 is 5.97 Å². The number of benzene rings is 2. The predicted molar refractivity (Wildman–Crippen MR) is 69.8 cm³/mol. The molecule has 0 fully saturated rings. The molecule has 3 rings (SSSR count). The molecule has 102 valence electrons. The van der Waals surface area contributed by atoms with Crippen molar-refractivity contribution in [2.75, 3.05) is 13.2 Å². The van der Waals surface area contributed by atoms with Crippen LogP contribution in [-0.4, -0.2) is 24.3 Å². The van der Waals surface area contributed by atoms with E-state index in [2.05, 4.69) is 0 Å². The van der Waals surface area contributed by atoms with Gasteiger partial charge in [0.05, 0.1) is 0 Å². The second-order valence-electron chi connectivity index (χ2n) is 4.33. The van der Waals surface area contributed by atoms with E-state index in [0.717, 1.165) is 6.07 Å². The van der Waals surface area contributed by atoms with Gasteiger partial charge in [-0.05, 0) is 29.3 Å². The first-order valence-electron chi connectivity index (χ1n) is 6.08. The molecule has 1 N–H and O–H groups in total. The van der Waals surface area contributed by atoms with Crippen LogP contribution >= 0.6 is 0 Å². The van der Waals surface area contributed by atoms with Gasteiger partial charge in [0.15, 0.2) is 11.5 Å². The molecule has 20 heavy (non-hydrogen) atoms. The molecule has 0 aliphatic carbocycles. The van der Waals surface area contributed by atoms with Gasteiger partial charge in [-0.3, -0.25) is 0 Å². The molecule has 1 aliphatic rings. The van der Waals surface area contributed by atoms with Crippen molar-refractivity contribution in [1.29, 1.82) is 0 Å². The highest BCUT2D eigenvalue weighted by atomic mass is 19.1. The SMILES string of the molecule is O=C(O)c1c(F)cccc1-c1ccc2c(c1)OCCO2. The summed E-state index contributed by atoms with van der Waals surface area (Å²) in [6.07, 6.45) is 0. The molecule has 2 aromatic carbocycles. The highest BCUT2D eigenvalue weighted by Gasteiger charge is 2.19. The summed E-state index contributed by atoms with van der Waals surface area (Å²) in [5, 5.41) is 9.15. The van der Waals surface area contributed by atoms with Crippen LogP contribution < -0.4 is 9.47 Å². The molecule has 0 radical (unpaired) electrons. The Kier molecular flexibility index (Phi) is 3.02. The summed E-state index contributed by atoms with van der Waals surface area (Å²) in [6, 6.07) is 9.22. The van der Waals surface area contributed by atoms with Gasteiger partial charge in [-0.25, -0.2) is 9.18 Å². The van der Waals surface area contributed by atoms with Crippen LogP contribution in [-0.2, 0) is 0 Å². The van der Waals surface area contributed by atoms with E-state index in [1.54, 1.807) is 24.3 Å². The number of hydrogen-bond acceptors (Lipinski definition) is 3. The zero-order chi connectivity index (χ0) is 14.1. The summed E-state index contributed by atoms with van der Waals surface area (Å²) in [6.45, 7) is 0.915. The minimum absolute atomic E-state index is 0.314. The summed E-state index contributed by atoms with van der Waals surface area (Å²) in [5.74, 6) is -0.916. The number of hydrogen-bond donors (Lipinski definition) is 1. The van der Waals surface area contributed by atoms with E-state index in [9.17, 15) is 9.18 Å². The Morgan fingerprint density at radius 3 is 2.60 bits per heavy atom. The van der Waals surface area contributed by atoms with Crippen molar-refractivity contribution in [2.24, 2.45) is 0 Å². The summed E-state index contributed by atoms with van der Waals surface area (Å²) >= 11 is 0. The van der Waals surface area contributed by atoms with Gasteiger partial charge in [-0.1, -0.05) is 18.2 Å². The number of fused-ring (bicyclic) bond motifs is 1. The standard InChI is InChI=1S/C15H11FO4/c16-11-3-1-2-10(14(11)15(17)18)9-4-5-12-13(8-9)20-7-6-19-12/h1-5,8H,6-7H2,(H,17,18). The van der Waals surface area contributed by atoms with E-state index in [1.165, 1.54) is 6.07 Å². The maximum atomic E-state index is 13.7. The first-order valence-corrected chi connectivity index (χ1v) is 6.08. The zero-order valence-electron chi connectivity index (χ0n) is 10.4. The third-order valence-corrected chi connectivity index (χ3v) is 3.08. The number of halogens is 1. The van der Waals surface area contributed by atoms with E-state index >= 15 is 0 Å². The molecular formula is C15H11FO4. The van der Waals surface area contributed by atoms with Gasteiger partial charge in [0.2, 0.25) is 0 Å². The van der Waals surface area contributed by atoms with Crippen molar-refractivity contribution in [2.45, 2.75) is 0 Å². The van der Waals surface area contributed by atoms with E-state index < -0.39 is 11.8 Å². The third-order valence-electron chi connectivity index (χ3n) is 3.08. The fourth-order valence-corrected chi connectivity index (χ4v) is 2.19. The Morgan fingerprint density at radius 1 is 1.10 bits per heavy atom. The Bertz CT molecular complexity index is 682. The number of carbonyl (C=O) groups is 1. The van der Waals surface area contributed by atoms with Crippen molar-refractivity contribution in [3.63, 3.8) is 0 Å². The fraction of sp³-hybridized carbons (Fsp3) is 0.133. The van der Waals surface area contributed by atoms with Crippen LogP contribution in [0.3, 0.4) is 0 Å². The highest BCUT2D eigenvalue weighted by molar-refractivity contribution is 5.96. The monoisotopic (exact) mass is 274 g/mol. The summed E-state index contributed by atoms with van der Waals surface area (Å²) in [5.41, 5.74) is 0.546. The molecule has 0 spiro atoms. The van der Waals surface area contributed by atoms with Gasteiger partial charge in [0.1, 0.15) is 24.6 Å². The van der Waals surface area contributed by atoms with Crippen molar-refractivity contribution in [3.05, 3.63) is 47.8 Å². The Hall–Kier alpha value is -2.56. The molecule has 0 atom stereocenters. The first-order chi connectivity index (χ1) is 9.66. The average Bonchev–Trinajstić information content (AvgIpc) is 2.46. The lowest BCUT2D eigenvalue weighted by molar-refractivity contribution is 0.0693. The van der Waals surface area contributed by atoms with E-state index in [-0.39, 0.29) is 5.56 Å². The van der Waals surface area contributed by atoms with Crippen molar-refractivity contribution >= 4 is 5.97 Å². The fourth-order valence-electron chi connectivity index (χ4n) is 2.19. The van der Waals surface area contributed by atoms with Crippen LogP contribution in [0.4, 0.5) is 4.39 Å². The molecular weight excluding hydrogens is 263 g/mol. The number of aromatic carboxylic acids is 1. The largest absolute Gasteiger partial charge is 0.486 e. The quantitative estimate of drug-likeness (QED) is 0.914. The average molecular weight is 274 g/mol. The lowest BCUT2D eigenvalue weighted by Crippen LogP contribution is -2.15. The molecule has 4 nitrogen and oxygen atoms in total.